The fourth-order valence-corrected chi connectivity index (χ4v) is 3.32. The summed E-state index contributed by atoms with van der Waals surface area (Å²) in [5.74, 6) is -0.115. The van der Waals surface area contributed by atoms with E-state index in [4.69, 9.17) is 0 Å². The molecule has 0 bridgehead atoms. The van der Waals surface area contributed by atoms with Crippen LogP contribution in [0.2, 0.25) is 0 Å². The number of thiophene rings is 1. The monoisotopic (exact) mass is 318 g/mol. The minimum atomic E-state index is -0.453. The molecule has 2 aromatic rings. The Hall–Kier alpha value is -2.15. The highest BCUT2D eigenvalue weighted by molar-refractivity contribution is 7.09. The molecule has 6 nitrogen and oxygen atoms in total. The standard InChI is InChI=1S/C15H18N4O2S/c1-11(20)18-9-12-4-7-17-19(12)14(10-18)15(21)16-6-5-13-3-2-8-22-13/h2-4,7-8,14H,5-6,9-10H2,1H3,(H,16,21)/t14-/m1/s1. The fraction of sp³-hybridized carbons (Fsp3) is 0.400. The zero-order valence-corrected chi connectivity index (χ0v) is 13.2. The van der Waals surface area contributed by atoms with E-state index < -0.39 is 6.04 Å². The lowest BCUT2D eigenvalue weighted by molar-refractivity contribution is -0.133. The van der Waals surface area contributed by atoms with E-state index in [0.29, 0.717) is 19.6 Å². The van der Waals surface area contributed by atoms with Gasteiger partial charge in [-0.2, -0.15) is 5.10 Å². The molecule has 3 heterocycles. The van der Waals surface area contributed by atoms with E-state index in [0.717, 1.165) is 12.1 Å². The van der Waals surface area contributed by atoms with Crippen LogP contribution in [0, 0.1) is 0 Å². The third-order valence-corrected chi connectivity index (χ3v) is 4.73. The number of fused-ring (bicyclic) bond motifs is 1. The lowest BCUT2D eigenvalue weighted by atomic mass is 10.1. The molecular formula is C15H18N4O2S. The van der Waals surface area contributed by atoms with Crippen molar-refractivity contribution in [3.8, 4) is 0 Å². The molecule has 0 saturated heterocycles. The number of hydrogen-bond donors (Lipinski definition) is 1. The largest absolute Gasteiger partial charge is 0.354 e. The average Bonchev–Trinajstić information content (AvgIpc) is 3.16. The highest BCUT2D eigenvalue weighted by Gasteiger charge is 2.31. The van der Waals surface area contributed by atoms with Crippen molar-refractivity contribution in [1.82, 2.24) is 20.0 Å². The van der Waals surface area contributed by atoms with Crippen LogP contribution in [0.25, 0.3) is 0 Å². The molecule has 0 radical (unpaired) electrons. The summed E-state index contributed by atoms with van der Waals surface area (Å²) in [6.45, 7) is 2.99. The third-order valence-electron chi connectivity index (χ3n) is 3.79. The van der Waals surface area contributed by atoms with Gasteiger partial charge in [-0.3, -0.25) is 14.3 Å². The Morgan fingerprint density at radius 1 is 1.45 bits per heavy atom. The third kappa shape index (κ3) is 3.04. The molecule has 0 unspecified atom stereocenters. The number of carbonyl (C=O) groups excluding carboxylic acids is 2. The molecule has 0 aromatic carbocycles. The number of nitrogens with zero attached hydrogens (tertiary/aromatic N) is 3. The number of hydrogen-bond acceptors (Lipinski definition) is 4. The van der Waals surface area contributed by atoms with Gasteiger partial charge in [0.2, 0.25) is 11.8 Å². The van der Waals surface area contributed by atoms with E-state index in [2.05, 4.69) is 16.5 Å². The van der Waals surface area contributed by atoms with Crippen LogP contribution in [0.5, 0.6) is 0 Å². The summed E-state index contributed by atoms with van der Waals surface area (Å²) in [5, 5.41) is 9.21. The average molecular weight is 318 g/mol. The molecule has 1 aliphatic heterocycles. The highest BCUT2D eigenvalue weighted by Crippen LogP contribution is 2.20. The zero-order valence-electron chi connectivity index (χ0n) is 12.4. The molecule has 7 heteroatoms. The predicted molar refractivity (Wildman–Crippen MR) is 83.4 cm³/mol. The Morgan fingerprint density at radius 2 is 2.32 bits per heavy atom. The Labute approximate surface area is 132 Å². The summed E-state index contributed by atoms with van der Waals surface area (Å²) < 4.78 is 1.72. The molecule has 116 valence electrons. The van der Waals surface area contributed by atoms with Crippen LogP contribution in [0.3, 0.4) is 0 Å². The van der Waals surface area contributed by atoms with Crippen LogP contribution in [0.15, 0.2) is 29.8 Å². The lowest BCUT2D eigenvalue weighted by Crippen LogP contribution is -2.46. The Bertz CT molecular complexity index is 665. The molecule has 0 saturated carbocycles. The quantitative estimate of drug-likeness (QED) is 0.921. The van der Waals surface area contributed by atoms with Gasteiger partial charge in [-0.1, -0.05) is 6.07 Å². The van der Waals surface area contributed by atoms with Crippen LogP contribution in [-0.4, -0.2) is 39.6 Å². The Balaban J connectivity index is 1.65. The van der Waals surface area contributed by atoms with Gasteiger partial charge in [0.15, 0.2) is 0 Å². The van der Waals surface area contributed by atoms with Gasteiger partial charge in [-0.05, 0) is 23.9 Å². The van der Waals surface area contributed by atoms with E-state index in [1.165, 1.54) is 11.8 Å². The number of rotatable bonds is 4. The van der Waals surface area contributed by atoms with Gasteiger partial charge in [-0.15, -0.1) is 11.3 Å². The van der Waals surface area contributed by atoms with Crippen LogP contribution in [-0.2, 0) is 22.6 Å². The van der Waals surface area contributed by atoms with Gasteiger partial charge >= 0.3 is 0 Å². The first-order valence-electron chi connectivity index (χ1n) is 7.23. The second kappa shape index (κ2) is 6.31. The second-order valence-corrected chi connectivity index (χ2v) is 6.34. The number of carbonyl (C=O) groups is 2. The van der Waals surface area contributed by atoms with E-state index >= 15 is 0 Å². The molecule has 1 aliphatic rings. The maximum atomic E-state index is 12.4. The van der Waals surface area contributed by atoms with E-state index in [1.807, 2.05) is 17.5 Å². The summed E-state index contributed by atoms with van der Waals surface area (Å²) in [6.07, 6.45) is 2.49. The minimum absolute atomic E-state index is 0.0242. The van der Waals surface area contributed by atoms with Crippen LogP contribution >= 0.6 is 11.3 Å². The molecule has 1 N–H and O–H groups in total. The fourth-order valence-electron chi connectivity index (χ4n) is 2.61. The lowest BCUT2D eigenvalue weighted by Gasteiger charge is -2.32. The number of amides is 2. The molecule has 0 aliphatic carbocycles. The molecule has 2 aromatic heterocycles. The van der Waals surface area contributed by atoms with Gasteiger partial charge in [0.25, 0.3) is 0 Å². The summed E-state index contributed by atoms with van der Waals surface area (Å²) in [6, 6.07) is 5.46. The van der Waals surface area contributed by atoms with Crippen molar-refractivity contribution in [2.75, 3.05) is 13.1 Å². The first-order valence-corrected chi connectivity index (χ1v) is 8.11. The molecular weight excluding hydrogens is 300 g/mol. The van der Waals surface area contributed by atoms with Gasteiger partial charge in [-0.25, -0.2) is 0 Å². The Kier molecular flexibility index (Phi) is 4.24. The molecule has 1 atom stereocenters. The molecule has 3 rings (SSSR count). The number of nitrogens with one attached hydrogen (secondary N) is 1. The topological polar surface area (TPSA) is 67.2 Å². The van der Waals surface area contributed by atoms with Crippen molar-refractivity contribution in [2.24, 2.45) is 0 Å². The first kappa shape index (κ1) is 14.8. The van der Waals surface area contributed by atoms with Gasteiger partial charge in [0.1, 0.15) is 6.04 Å². The van der Waals surface area contributed by atoms with Crippen LogP contribution < -0.4 is 5.32 Å². The van der Waals surface area contributed by atoms with Crippen LogP contribution in [0.1, 0.15) is 23.5 Å². The first-order chi connectivity index (χ1) is 10.6. The molecule has 0 fully saturated rings. The highest BCUT2D eigenvalue weighted by atomic mass is 32.1. The summed E-state index contributed by atoms with van der Waals surface area (Å²) in [5.41, 5.74) is 0.889. The van der Waals surface area contributed by atoms with Crippen LogP contribution in [0.4, 0.5) is 0 Å². The summed E-state index contributed by atoms with van der Waals surface area (Å²) in [7, 11) is 0. The SMILES string of the molecule is CC(=O)N1Cc2ccnn2[C@@H](C(=O)NCCc2cccs2)C1. The van der Waals surface area contributed by atoms with Crippen molar-refractivity contribution in [1.29, 1.82) is 0 Å². The molecule has 2 amide bonds. The summed E-state index contributed by atoms with van der Waals surface area (Å²) in [4.78, 5) is 27.0. The van der Waals surface area contributed by atoms with Crippen molar-refractivity contribution >= 4 is 23.2 Å². The normalized spacial score (nSPS) is 17.1. The maximum absolute atomic E-state index is 12.4. The molecule has 0 spiro atoms. The van der Waals surface area contributed by atoms with E-state index in [1.54, 1.807) is 27.1 Å². The minimum Gasteiger partial charge on any atom is -0.354 e. The molecule has 22 heavy (non-hydrogen) atoms. The van der Waals surface area contributed by atoms with Gasteiger partial charge in [0, 0.05) is 24.5 Å². The summed E-state index contributed by atoms with van der Waals surface area (Å²) >= 11 is 1.68. The van der Waals surface area contributed by atoms with Crippen molar-refractivity contribution in [3.63, 3.8) is 0 Å². The predicted octanol–water partition coefficient (Wildman–Crippen LogP) is 1.21. The van der Waals surface area contributed by atoms with Crippen molar-refractivity contribution < 1.29 is 9.59 Å². The maximum Gasteiger partial charge on any atom is 0.246 e. The van der Waals surface area contributed by atoms with Crippen molar-refractivity contribution in [2.45, 2.75) is 25.9 Å². The second-order valence-electron chi connectivity index (χ2n) is 5.30. The zero-order chi connectivity index (χ0) is 15.5. The van der Waals surface area contributed by atoms with Gasteiger partial charge in [0.05, 0.1) is 18.8 Å². The van der Waals surface area contributed by atoms with Gasteiger partial charge < -0.3 is 10.2 Å². The number of aromatic nitrogens is 2. The van der Waals surface area contributed by atoms with E-state index in [-0.39, 0.29) is 11.8 Å². The van der Waals surface area contributed by atoms with E-state index in [9.17, 15) is 9.59 Å². The Morgan fingerprint density at radius 3 is 3.05 bits per heavy atom. The smallest absolute Gasteiger partial charge is 0.246 e. The van der Waals surface area contributed by atoms with Crippen molar-refractivity contribution in [3.05, 3.63) is 40.3 Å².